The summed E-state index contributed by atoms with van der Waals surface area (Å²) in [5.41, 5.74) is 7.44. The van der Waals surface area contributed by atoms with Crippen molar-refractivity contribution < 1.29 is 14.7 Å². The minimum absolute atomic E-state index is 0.0627. The second kappa shape index (κ2) is 6.37. The number of amides is 1. The van der Waals surface area contributed by atoms with E-state index in [-0.39, 0.29) is 23.2 Å². The van der Waals surface area contributed by atoms with Gasteiger partial charge in [0.15, 0.2) is 11.6 Å². The molecule has 0 atom stereocenters. The molecular weight excluding hydrogens is 332 g/mol. The summed E-state index contributed by atoms with van der Waals surface area (Å²) in [5, 5.41) is 9.00. The second-order valence-electron chi connectivity index (χ2n) is 5.40. The first kappa shape index (κ1) is 16.1. The second-order valence-corrected chi connectivity index (χ2v) is 5.81. The van der Waals surface area contributed by atoms with Crippen LogP contribution >= 0.6 is 11.6 Å². The lowest BCUT2D eigenvalue weighted by Gasteiger charge is -2.07. The average Bonchev–Trinajstić information content (AvgIpc) is 3.38. The Morgan fingerprint density at radius 3 is 2.62 bits per heavy atom. The van der Waals surface area contributed by atoms with Crippen molar-refractivity contribution in [1.82, 2.24) is 9.97 Å². The molecule has 1 saturated carbocycles. The number of amidine groups is 1. The molecule has 8 heteroatoms. The number of Topliss-reactive ketones (excluding diaryl/α,β-unsaturated/α-hetero) is 1. The fourth-order valence-corrected chi connectivity index (χ4v) is 2.53. The molecule has 122 valence electrons. The Morgan fingerprint density at radius 1 is 1.25 bits per heavy atom. The molecular formula is C16H13ClN4O3. The van der Waals surface area contributed by atoms with Crippen LogP contribution in [0.1, 0.15) is 28.9 Å². The van der Waals surface area contributed by atoms with E-state index in [1.807, 2.05) is 0 Å². The molecule has 1 amide bonds. The summed E-state index contributed by atoms with van der Waals surface area (Å²) in [6.07, 6.45) is 1.67. The van der Waals surface area contributed by atoms with Gasteiger partial charge in [-0.15, -0.1) is 0 Å². The molecule has 2 aromatic rings. The minimum Gasteiger partial charge on any atom is -0.463 e. The maximum atomic E-state index is 12.1. The highest BCUT2D eigenvalue weighted by atomic mass is 35.5. The van der Waals surface area contributed by atoms with Crippen LogP contribution in [0.15, 0.2) is 35.6 Å². The van der Waals surface area contributed by atoms with Gasteiger partial charge in [0.1, 0.15) is 12.0 Å². The van der Waals surface area contributed by atoms with Crippen LogP contribution < -0.4 is 5.73 Å². The van der Waals surface area contributed by atoms with E-state index in [0.717, 1.165) is 12.8 Å². The van der Waals surface area contributed by atoms with E-state index in [1.54, 1.807) is 18.2 Å². The van der Waals surface area contributed by atoms with E-state index in [4.69, 9.17) is 22.4 Å². The van der Waals surface area contributed by atoms with E-state index in [2.05, 4.69) is 15.0 Å². The molecule has 1 heterocycles. The van der Waals surface area contributed by atoms with Crippen LogP contribution in [0.3, 0.4) is 0 Å². The number of ketones is 1. The smallest absolute Gasteiger partial charge is 0.433 e. The summed E-state index contributed by atoms with van der Waals surface area (Å²) in [6.45, 7) is 0. The quantitative estimate of drug-likeness (QED) is 0.500. The molecule has 1 aliphatic rings. The number of nitrogens with zero attached hydrogens (tertiary/aromatic N) is 3. The summed E-state index contributed by atoms with van der Waals surface area (Å²) in [6, 6.07) is 6.57. The number of carbonyl (C=O) groups excluding carboxylic acids is 1. The highest BCUT2D eigenvalue weighted by Gasteiger charge is 2.31. The summed E-state index contributed by atoms with van der Waals surface area (Å²) >= 11 is 6.23. The topological polar surface area (TPSA) is 119 Å². The standard InChI is InChI=1S/C16H13ClN4O3/c17-11-5-9(3-4-10(11)14(22)8-1-2-8)12-6-13(20-7-19-12)15(18)21-16(23)24/h3-8H,1-2H2,(H2,18,21)(H,23,24). The Kier molecular flexibility index (Phi) is 4.26. The Labute approximate surface area is 142 Å². The van der Waals surface area contributed by atoms with Crippen molar-refractivity contribution in [2.75, 3.05) is 0 Å². The number of nitrogens with two attached hydrogens (primary N) is 1. The minimum atomic E-state index is -1.40. The Balaban J connectivity index is 1.93. The zero-order valence-electron chi connectivity index (χ0n) is 12.4. The molecule has 24 heavy (non-hydrogen) atoms. The molecule has 1 aliphatic carbocycles. The first-order valence-electron chi connectivity index (χ1n) is 7.19. The number of benzene rings is 1. The Hall–Kier alpha value is -2.80. The highest BCUT2D eigenvalue weighted by Crippen LogP contribution is 2.35. The Bertz CT molecular complexity index is 862. The van der Waals surface area contributed by atoms with Crippen LogP contribution in [-0.4, -0.2) is 32.8 Å². The molecule has 1 aromatic carbocycles. The van der Waals surface area contributed by atoms with E-state index in [1.165, 1.54) is 12.4 Å². The maximum absolute atomic E-state index is 12.1. The van der Waals surface area contributed by atoms with Gasteiger partial charge in [-0.05, 0) is 31.0 Å². The van der Waals surface area contributed by atoms with Crippen LogP contribution in [-0.2, 0) is 0 Å². The van der Waals surface area contributed by atoms with Crippen molar-refractivity contribution in [3.63, 3.8) is 0 Å². The lowest BCUT2D eigenvalue weighted by molar-refractivity contribution is 0.0967. The third kappa shape index (κ3) is 3.41. The van der Waals surface area contributed by atoms with E-state index >= 15 is 0 Å². The molecule has 1 aromatic heterocycles. The van der Waals surface area contributed by atoms with Crippen LogP contribution in [0.4, 0.5) is 4.79 Å². The Morgan fingerprint density at radius 2 is 2.00 bits per heavy atom. The van der Waals surface area contributed by atoms with Gasteiger partial charge < -0.3 is 10.8 Å². The normalized spacial score (nSPS) is 14.5. The third-order valence-corrected chi connectivity index (χ3v) is 3.94. The molecule has 1 fully saturated rings. The lowest BCUT2D eigenvalue weighted by atomic mass is 10.0. The fourth-order valence-electron chi connectivity index (χ4n) is 2.26. The first-order chi connectivity index (χ1) is 11.5. The summed E-state index contributed by atoms with van der Waals surface area (Å²) in [5.74, 6) is -0.0726. The summed E-state index contributed by atoms with van der Waals surface area (Å²) < 4.78 is 0. The fraction of sp³-hybridized carbons (Fsp3) is 0.188. The number of hydrogen-bond donors (Lipinski definition) is 2. The van der Waals surface area contributed by atoms with Gasteiger partial charge in [-0.3, -0.25) is 4.79 Å². The SMILES string of the molecule is NC(=NC(=O)O)c1cc(-c2ccc(C(=O)C3CC3)c(Cl)c2)ncn1. The molecule has 3 rings (SSSR count). The van der Waals surface area contributed by atoms with E-state index in [0.29, 0.717) is 21.8 Å². The van der Waals surface area contributed by atoms with Crippen molar-refractivity contribution in [3.8, 4) is 11.3 Å². The molecule has 0 saturated heterocycles. The van der Waals surface area contributed by atoms with Crippen LogP contribution in [0.25, 0.3) is 11.3 Å². The van der Waals surface area contributed by atoms with Gasteiger partial charge in [0, 0.05) is 17.0 Å². The van der Waals surface area contributed by atoms with E-state index < -0.39 is 6.09 Å². The van der Waals surface area contributed by atoms with Crippen molar-refractivity contribution in [2.45, 2.75) is 12.8 Å². The number of aromatic nitrogens is 2. The van der Waals surface area contributed by atoms with Crippen molar-refractivity contribution >= 4 is 29.3 Å². The number of carbonyl (C=O) groups is 2. The van der Waals surface area contributed by atoms with E-state index in [9.17, 15) is 9.59 Å². The zero-order valence-corrected chi connectivity index (χ0v) is 13.2. The molecule has 7 nitrogen and oxygen atoms in total. The summed E-state index contributed by atoms with van der Waals surface area (Å²) in [4.78, 5) is 33.9. The highest BCUT2D eigenvalue weighted by molar-refractivity contribution is 6.34. The van der Waals surface area contributed by atoms with Crippen molar-refractivity contribution in [2.24, 2.45) is 16.6 Å². The van der Waals surface area contributed by atoms with Crippen LogP contribution in [0.2, 0.25) is 5.02 Å². The van der Waals surface area contributed by atoms with Gasteiger partial charge >= 0.3 is 6.09 Å². The first-order valence-corrected chi connectivity index (χ1v) is 7.57. The zero-order chi connectivity index (χ0) is 17.3. The number of hydrogen-bond acceptors (Lipinski definition) is 4. The van der Waals surface area contributed by atoms with Crippen LogP contribution in [0, 0.1) is 5.92 Å². The van der Waals surface area contributed by atoms with Gasteiger partial charge in [-0.25, -0.2) is 14.8 Å². The van der Waals surface area contributed by atoms with Gasteiger partial charge in [0.2, 0.25) is 0 Å². The molecule has 3 N–H and O–H groups in total. The van der Waals surface area contributed by atoms with Gasteiger partial charge in [0.05, 0.1) is 10.7 Å². The molecule has 0 spiro atoms. The largest absolute Gasteiger partial charge is 0.463 e. The lowest BCUT2D eigenvalue weighted by Crippen LogP contribution is -2.17. The van der Waals surface area contributed by atoms with Gasteiger partial charge in [-0.1, -0.05) is 17.7 Å². The third-order valence-electron chi connectivity index (χ3n) is 3.62. The monoisotopic (exact) mass is 344 g/mol. The predicted molar refractivity (Wildman–Crippen MR) is 88.3 cm³/mol. The average molecular weight is 345 g/mol. The molecule has 0 unspecified atom stereocenters. The van der Waals surface area contributed by atoms with Gasteiger partial charge in [0.25, 0.3) is 0 Å². The number of aliphatic imine (C=N–C) groups is 1. The molecule has 0 aliphatic heterocycles. The maximum Gasteiger partial charge on any atom is 0.433 e. The summed E-state index contributed by atoms with van der Waals surface area (Å²) in [7, 11) is 0. The predicted octanol–water partition coefficient (Wildman–Crippen LogP) is 2.77. The van der Waals surface area contributed by atoms with Crippen molar-refractivity contribution in [3.05, 3.63) is 46.9 Å². The van der Waals surface area contributed by atoms with Crippen LogP contribution in [0.5, 0.6) is 0 Å². The molecule has 0 radical (unpaired) electrons. The number of rotatable bonds is 4. The number of carboxylic acid groups (broad SMARTS) is 1. The van der Waals surface area contributed by atoms with Gasteiger partial charge in [-0.2, -0.15) is 4.99 Å². The molecule has 0 bridgehead atoms. The van der Waals surface area contributed by atoms with Crippen molar-refractivity contribution in [1.29, 1.82) is 0 Å². The number of halogens is 1.